The van der Waals surface area contributed by atoms with Crippen LogP contribution in [-0.2, 0) is 16.1 Å². The third-order valence-corrected chi connectivity index (χ3v) is 6.14. The number of esters is 1. The molecule has 0 atom stereocenters. The first kappa shape index (κ1) is 21.2. The number of carbonyl (C=O) groups excluding carboxylic acids is 3. The summed E-state index contributed by atoms with van der Waals surface area (Å²) in [6, 6.07) is 7.84. The number of thioether (sulfide) groups is 1. The third kappa shape index (κ3) is 4.51. The summed E-state index contributed by atoms with van der Waals surface area (Å²) in [5.74, 6) is -1.38. The predicted molar refractivity (Wildman–Crippen MR) is 114 cm³/mol. The van der Waals surface area contributed by atoms with E-state index in [9.17, 15) is 18.8 Å². The molecule has 0 unspecified atom stereocenters. The molecule has 9 heteroatoms. The molecule has 0 spiro atoms. The van der Waals surface area contributed by atoms with Gasteiger partial charge in [-0.15, -0.1) is 0 Å². The summed E-state index contributed by atoms with van der Waals surface area (Å²) < 4.78 is 24.6. The lowest BCUT2D eigenvalue weighted by Gasteiger charge is -2.28. The standard InChI is InChI=1S/C22H21FN2O5S/c1-29-21(27)18-8-7-16(30-18)13-25-20(26)19(31-22(25)28)11-14-5-6-15(12-17(14)23)24-9-3-2-4-10-24/h5-8,11-12H,2-4,9-10,13H2,1H3/b19-11+. The van der Waals surface area contributed by atoms with Crippen LogP contribution >= 0.6 is 11.8 Å². The summed E-state index contributed by atoms with van der Waals surface area (Å²) in [5.41, 5.74) is 1.07. The number of halogens is 1. The van der Waals surface area contributed by atoms with Crippen LogP contribution in [0.1, 0.15) is 41.1 Å². The van der Waals surface area contributed by atoms with Crippen molar-refractivity contribution in [1.82, 2.24) is 4.90 Å². The quantitative estimate of drug-likeness (QED) is 0.498. The molecule has 0 saturated carbocycles. The average molecular weight is 444 g/mol. The van der Waals surface area contributed by atoms with Crippen LogP contribution in [0, 0.1) is 5.82 Å². The molecule has 162 valence electrons. The Balaban J connectivity index is 1.49. The number of rotatable bonds is 5. The highest BCUT2D eigenvalue weighted by molar-refractivity contribution is 8.18. The van der Waals surface area contributed by atoms with Crippen molar-refractivity contribution < 1.29 is 27.9 Å². The number of hydrogen-bond donors (Lipinski definition) is 0. The summed E-state index contributed by atoms with van der Waals surface area (Å²) in [4.78, 5) is 39.8. The number of methoxy groups -OCH3 is 1. The Morgan fingerprint density at radius 2 is 1.97 bits per heavy atom. The van der Waals surface area contributed by atoms with Gasteiger partial charge in [0.1, 0.15) is 11.6 Å². The van der Waals surface area contributed by atoms with E-state index in [1.807, 2.05) is 6.07 Å². The zero-order valence-electron chi connectivity index (χ0n) is 16.9. The van der Waals surface area contributed by atoms with Crippen molar-refractivity contribution in [2.75, 3.05) is 25.1 Å². The van der Waals surface area contributed by atoms with Gasteiger partial charge in [0.05, 0.1) is 18.6 Å². The molecule has 2 saturated heterocycles. The monoisotopic (exact) mass is 444 g/mol. The number of anilines is 1. The van der Waals surface area contributed by atoms with E-state index in [2.05, 4.69) is 9.64 Å². The molecule has 2 amide bonds. The minimum absolute atomic E-state index is 0.0177. The highest BCUT2D eigenvalue weighted by atomic mass is 32.2. The van der Waals surface area contributed by atoms with Crippen molar-refractivity contribution in [3.63, 3.8) is 0 Å². The molecule has 7 nitrogen and oxygen atoms in total. The van der Waals surface area contributed by atoms with Crippen molar-refractivity contribution in [1.29, 1.82) is 0 Å². The Bertz CT molecular complexity index is 1060. The number of hydrogen-bond acceptors (Lipinski definition) is 7. The summed E-state index contributed by atoms with van der Waals surface area (Å²) in [5, 5.41) is -0.488. The van der Waals surface area contributed by atoms with E-state index >= 15 is 0 Å². The Morgan fingerprint density at radius 1 is 1.19 bits per heavy atom. The average Bonchev–Trinajstić information content (AvgIpc) is 3.35. The Hall–Kier alpha value is -3.07. The fourth-order valence-electron chi connectivity index (χ4n) is 3.59. The smallest absolute Gasteiger partial charge is 0.373 e. The predicted octanol–water partition coefficient (Wildman–Crippen LogP) is 4.43. The zero-order valence-corrected chi connectivity index (χ0v) is 17.7. The Morgan fingerprint density at radius 3 is 2.68 bits per heavy atom. The van der Waals surface area contributed by atoms with Crippen molar-refractivity contribution in [3.8, 4) is 0 Å². The number of amides is 2. The van der Waals surface area contributed by atoms with E-state index in [1.54, 1.807) is 6.07 Å². The van der Waals surface area contributed by atoms with Gasteiger partial charge in [-0.1, -0.05) is 0 Å². The molecule has 0 aliphatic carbocycles. The van der Waals surface area contributed by atoms with Crippen LogP contribution in [0.4, 0.5) is 14.9 Å². The maximum Gasteiger partial charge on any atom is 0.373 e. The minimum atomic E-state index is -0.649. The van der Waals surface area contributed by atoms with Gasteiger partial charge in [0.2, 0.25) is 5.76 Å². The first-order valence-electron chi connectivity index (χ1n) is 9.93. The number of nitrogens with zero attached hydrogens (tertiary/aromatic N) is 2. The SMILES string of the molecule is COC(=O)c1ccc(CN2C(=O)S/C(=C/c3ccc(N4CCCCC4)cc3F)C2=O)o1. The van der Waals surface area contributed by atoms with E-state index in [0.717, 1.165) is 48.3 Å². The first-order valence-corrected chi connectivity index (χ1v) is 10.7. The molecule has 0 N–H and O–H groups in total. The molecular formula is C22H21FN2O5S. The number of ether oxygens (including phenoxy) is 1. The molecule has 1 aromatic heterocycles. The lowest BCUT2D eigenvalue weighted by atomic mass is 10.1. The van der Waals surface area contributed by atoms with Gasteiger partial charge >= 0.3 is 5.97 Å². The minimum Gasteiger partial charge on any atom is -0.463 e. The second kappa shape index (κ2) is 8.97. The normalized spacial score (nSPS) is 18.2. The molecular weight excluding hydrogens is 423 g/mol. The molecule has 0 radical (unpaired) electrons. The number of piperidine rings is 1. The van der Waals surface area contributed by atoms with Crippen LogP contribution in [0.2, 0.25) is 0 Å². The number of imide groups is 1. The van der Waals surface area contributed by atoms with Gasteiger partial charge in [-0.3, -0.25) is 14.5 Å². The number of carbonyl (C=O) groups is 3. The summed E-state index contributed by atoms with van der Waals surface area (Å²) in [7, 11) is 1.23. The Labute approximate surface area is 182 Å². The second-order valence-electron chi connectivity index (χ2n) is 7.28. The zero-order chi connectivity index (χ0) is 22.0. The van der Waals surface area contributed by atoms with Crippen molar-refractivity contribution in [2.24, 2.45) is 0 Å². The highest BCUT2D eigenvalue weighted by Crippen LogP contribution is 2.34. The summed E-state index contributed by atoms with van der Waals surface area (Å²) in [6.07, 6.45) is 4.76. The van der Waals surface area contributed by atoms with E-state index in [4.69, 9.17) is 4.42 Å². The van der Waals surface area contributed by atoms with Crippen molar-refractivity contribution in [2.45, 2.75) is 25.8 Å². The van der Waals surface area contributed by atoms with Crippen molar-refractivity contribution >= 4 is 40.6 Å². The molecule has 2 fully saturated rings. The lowest BCUT2D eigenvalue weighted by Crippen LogP contribution is -2.29. The lowest BCUT2D eigenvalue weighted by molar-refractivity contribution is -0.123. The molecule has 2 aliphatic heterocycles. The molecule has 0 bridgehead atoms. The molecule has 2 aliphatic rings. The molecule has 3 heterocycles. The first-order chi connectivity index (χ1) is 15.0. The molecule has 1 aromatic carbocycles. The summed E-state index contributed by atoms with van der Waals surface area (Å²) >= 11 is 0.743. The van der Waals surface area contributed by atoms with Gasteiger partial charge in [-0.25, -0.2) is 9.18 Å². The van der Waals surface area contributed by atoms with Gasteiger partial charge in [0.25, 0.3) is 11.1 Å². The molecule has 2 aromatic rings. The molecule has 31 heavy (non-hydrogen) atoms. The fraction of sp³-hybridized carbons (Fsp3) is 0.318. The van der Waals surface area contributed by atoms with Gasteiger partial charge < -0.3 is 14.1 Å². The highest BCUT2D eigenvalue weighted by Gasteiger charge is 2.36. The summed E-state index contributed by atoms with van der Waals surface area (Å²) in [6.45, 7) is 1.68. The second-order valence-corrected chi connectivity index (χ2v) is 8.27. The maximum atomic E-state index is 14.7. The van der Waals surface area contributed by atoms with E-state index in [-0.39, 0.29) is 28.5 Å². The van der Waals surface area contributed by atoms with E-state index < -0.39 is 22.9 Å². The van der Waals surface area contributed by atoms with Gasteiger partial charge in [-0.05, 0) is 67.4 Å². The van der Waals surface area contributed by atoms with E-state index in [1.165, 1.54) is 37.8 Å². The van der Waals surface area contributed by atoms with Crippen molar-refractivity contribution in [3.05, 3.63) is 58.1 Å². The Kier molecular flexibility index (Phi) is 6.13. The van der Waals surface area contributed by atoms with Crippen LogP contribution in [0.3, 0.4) is 0 Å². The molecule has 4 rings (SSSR count). The number of furan rings is 1. The van der Waals surface area contributed by atoms with Crippen LogP contribution < -0.4 is 4.90 Å². The van der Waals surface area contributed by atoms with Gasteiger partial charge in [-0.2, -0.15) is 0 Å². The largest absolute Gasteiger partial charge is 0.463 e. The van der Waals surface area contributed by atoms with Gasteiger partial charge in [0, 0.05) is 24.3 Å². The van der Waals surface area contributed by atoms with Crippen LogP contribution in [0.15, 0.2) is 39.7 Å². The van der Waals surface area contributed by atoms with Crippen LogP contribution in [0.5, 0.6) is 0 Å². The van der Waals surface area contributed by atoms with Crippen LogP contribution in [0.25, 0.3) is 6.08 Å². The maximum absolute atomic E-state index is 14.7. The third-order valence-electron chi connectivity index (χ3n) is 5.23. The van der Waals surface area contributed by atoms with Gasteiger partial charge in [0.15, 0.2) is 0 Å². The van der Waals surface area contributed by atoms with Crippen LogP contribution in [-0.4, -0.2) is 42.2 Å². The number of benzene rings is 1. The van der Waals surface area contributed by atoms with E-state index in [0.29, 0.717) is 0 Å². The topological polar surface area (TPSA) is 80.1 Å². The fourth-order valence-corrected chi connectivity index (χ4v) is 4.42.